The van der Waals surface area contributed by atoms with Crippen molar-refractivity contribution in [3.8, 4) is 33.0 Å². The van der Waals surface area contributed by atoms with Gasteiger partial charge in [0.05, 0.1) is 79.1 Å². The zero-order chi connectivity index (χ0) is 42.4. The van der Waals surface area contributed by atoms with Crippen molar-refractivity contribution in [2.45, 2.75) is 13.5 Å². The van der Waals surface area contributed by atoms with Crippen molar-refractivity contribution in [2.75, 3.05) is 62.4 Å². The van der Waals surface area contributed by atoms with Gasteiger partial charge in [-0.15, -0.1) is 22.7 Å². The molecule has 0 bridgehead atoms. The molecule has 15 heteroatoms. The molecule has 0 radical (unpaired) electrons. The highest BCUT2D eigenvalue weighted by atomic mass is 32.1. The number of hydrogen-bond donors (Lipinski definition) is 0. The fourth-order valence-corrected chi connectivity index (χ4v) is 12.3. The number of nitriles is 2. The molecule has 0 saturated carbocycles. The van der Waals surface area contributed by atoms with Crippen LogP contribution >= 0.6 is 45.3 Å². The molecule has 11 nitrogen and oxygen atoms in total. The van der Waals surface area contributed by atoms with Gasteiger partial charge in [-0.2, -0.15) is 10.5 Å². The van der Waals surface area contributed by atoms with Crippen LogP contribution in [-0.2, 0) is 16.0 Å². The van der Waals surface area contributed by atoms with Crippen LogP contribution in [0.1, 0.15) is 28.3 Å². The molecule has 2 aliphatic heterocycles. The third-order valence-corrected chi connectivity index (χ3v) is 15.9. The van der Waals surface area contributed by atoms with Crippen molar-refractivity contribution in [2.24, 2.45) is 0 Å². The maximum absolute atomic E-state index is 10.5. The molecule has 310 valence electrons. The number of anilines is 2. The molecule has 2 saturated heterocycles. The van der Waals surface area contributed by atoms with E-state index in [4.69, 9.17) is 29.4 Å². The number of ether oxygens (including phenoxy) is 2. The Bertz CT molecular complexity index is 3080. The first-order valence-electron chi connectivity index (χ1n) is 20.7. The van der Waals surface area contributed by atoms with Crippen LogP contribution in [0.2, 0.25) is 0 Å². The topological polar surface area (TPSA) is 129 Å². The van der Waals surface area contributed by atoms with Crippen molar-refractivity contribution >= 4 is 121 Å². The van der Waals surface area contributed by atoms with E-state index in [2.05, 4.69) is 69.8 Å². The van der Waals surface area contributed by atoms with Gasteiger partial charge in [-0.3, -0.25) is 0 Å². The number of rotatable bonds is 9. The second kappa shape index (κ2) is 16.8. The quantitative estimate of drug-likeness (QED) is 0.129. The Morgan fingerprint density at radius 2 is 1.05 bits per heavy atom. The number of fused-ring (bicyclic) bond motifs is 5. The number of aromatic nitrogens is 5. The minimum atomic E-state index is 0.484. The van der Waals surface area contributed by atoms with Gasteiger partial charge in [0.25, 0.3) is 0 Å². The Morgan fingerprint density at radius 3 is 1.46 bits per heavy atom. The van der Waals surface area contributed by atoms with Gasteiger partial charge in [0.1, 0.15) is 22.2 Å². The lowest BCUT2D eigenvalue weighted by atomic mass is 10.0. The number of morpholine rings is 2. The molecule has 9 aromatic rings. The zero-order valence-corrected chi connectivity index (χ0v) is 37.3. The molecule has 7 heterocycles. The normalized spacial score (nSPS) is 15.2. The van der Waals surface area contributed by atoms with E-state index in [1.807, 2.05) is 60.7 Å². The molecule has 0 unspecified atom stereocenters. The summed E-state index contributed by atoms with van der Waals surface area (Å²) in [5.74, 6) is 0. The van der Waals surface area contributed by atoms with Gasteiger partial charge in [-0.1, -0.05) is 59.1 Å². The van der Waals surface area contributed by atoms with E-state index in [0.29, 0.717) is 47.6 Å². The lowest BCUT2D eigenvalue weighted by Gasteiger charge is -2.26. The van der Waals surface area contributed by atoms with Crippen LogP contribution in [-0.4, -0.2) is 77.1 Å². The van der Waals surface area contributed by atoms with E-state index in [1.165, 1.54) is 22.7 Å². The number of allylic oxidation sites excluding steroid dienone is 2. The summed E-state index contributed by atoms with van der Waals surface area (Å²) in [6, 6.07) is 34.2. The summed E-state index contributed by atoms with van der Waals surface area (Å²) >= 11 is 6.33. The van der Waals surface area contributed by atoms with Crippen molar-refractivity contribution < 1.29 is 9.47 Å². The van der Waals surface area contributed by atoms with E-state index in [1.54, 1.807) is 22.7 Å². The smallest absolute Gasteiger partial charge is 0.186 e. The number of nitrogens with zero attached hydrogens (tertiary/aromatic N) is 9. The summed E-state index contributed by atoms with van der Waals surface area (Å²) in [5, 5.41) is 26.4. The fraction of sp³-hybridized carbons (Fsp3) is 0.208. The summed E-state index contributed by atoms with van der Waals surface area (Å²) < 4.78 is 15.8. The number of benzene rings is 4. The SMILES string of the molecule is CCn1c2ccc(-c3sc(N4CCOCC4)nc3/C=C(/C#N)c3nc4ccccc4s3)cc2c2cc(-c3sc(N4CCOCC4)nc3/C=C(/C#N)c3nc4ccccc4s3)ccc21. The third-order valence-electron chi connectivity index (χ3n) is 11.4. The van der Waals surface area contributed by atoms with Crippen molar-refractivity contribution in [3.05, 3.63) is 106 Å². The third kappa shape index (κ3) is 7.36. The van der Waals surface area contributed by atoms with Crippen LogP contribution in [0, 0.1) is 22.7 Å². The van der Waals surface area contributed by atoms with Crippen molar-refractivity contribution in [1.29, 1.82) is 10.5 Å². The Kier molecular flexibility index (Phi) is 10.5. The minimum Gasteiger partial charge on any atom is -0.378 e. The summed E-state index contributed by atoms with van der Waals surface area (Å²) in [6.45, 7) is 8.57. The van der Waals surface area contributed by atoms with Crippen LogP contribution < -0.4 is 9.80 Å². The average molecular weight is 900 g/mol. The summed E-state index contributed by atoms with van der Waals surface area (Å²) in [5.41, 5.74) is 8.53. The van der Waals surface area contributed by atoms with Gasteiger partial charge in [-0.05, 0) is 78.7 Å². The van der Waals surface area contributed by atoms with Gasteiger partial charge < -0.3 is 23.8 Å². The molecule has 5 aromatic heterocycles. The molecule has 0 spiro atoms. The van der Waals surface area contributed by atoms with E-state index < -0.39 is 0 Å². The minimum absolute atomic E-state index is 0.484. The molecule has 11 rings (SSSR count). The van der Waals surface area contributed by atoms with Crippen molar-refractivity contribution in [1.82, 2.24) is 24.5 Å². The number of para-hydroxylation sites is 2. The summed E-state index contributed by atoms with van der Waals surface area (Å²) in [6.07, 6.45) is 3.81. The highest BCUT2D eigenvalue weighted by Crippen LogP contribution is 2.43. The van der Waals surface area contributed by atoms with Gasteiger partial charge in [-0.25, -0.2) is 19.9 Å². The van der Waals surface area contributed by atoms with Gasteiger partial charge in [0.2, 0.25) is 0 Å². The standard InChI is InChI=1S/C48H37N9O2S4/c1-2-57-39-13-11-29(43-37(53-47(62-43)55-15-19-58-20-16-55)25-31(27-49)45-51-35-7-3-5-9-41(35)60-45)23-33(39)34-24-30(12-14-40(34)57)44-38(54-48(63-44)56-17-21-59-22-18-56)26-32(28-50)46-52-36-8-4-6-10-42(36)61-46/h3-14,23-26H,2,15-22H2,1H3/b31-25-,32-26-. The second-order valence-corrected chi connectivity index (χ2v) is 19.2. The second-order valence-electron chi connectivity index (χ2n) is 15.1. The maximum atomic E-state index is 10.5. The molecule has 63 heavy (non-hydrogen) atoms. The fourth-order valence-electron chi connectivity index (χ4n) is 8.29. The van der Waals surface area contributed by atoms with Crippen LogP contribution in [0.3, 0.4) is 0 Å². The van der Waals surface area contributed by atoms with E-state index in [0.717, 1.165) is 117 Å². The molecule has 0 atom stereocenters. The lowest BCUT2D eigenvalue weighted by molar-refractivity contribution is 0.122. The van der Waals surface area contributed by atoms with Crippen LogP contribution in [0.5, 0.6) is 0 Å². The Morgan fingerprint density at radius 1 is 0.603 bits per heavy atom. The number of hydrogen-bond acceptors (Lipinski definition) is 14. The van der Waals surface area contributed by atoms with Gasteiger partial charge >= 0.3 is 0 Å². The highest BCUT2D eigenvalue weighted by Gasteiger charge is 2.24. The first-order valence-corrected chi connectivity index (χ1v) is 24.0. The van der Waals surface area contributed by atoms with Crippen LogP contribution in [0.25, 0.3) is 86.4 Å². The Labute approximate surface area is 378 Å². The highest BCUT2D eigenvalue weighted by molar-refractivity contribution is 7.20. The predicted molar refractivity (Wildman–Crippen MR) is 260 cm³/mol. The molecule has 0 amide bonds. The summed E-state index contributed by atoms with van der Waals surface area (Å²) in [4.78, 5) is 26.5. The molecule has 4 aromatic carbocycles. The molecular weight excluding hydrogens is 863 g/mol. The van der Waals surface area contributed by atoms with Gasteiger partial charge in [0.15, 0.2) is 10.3 Å². The zero-order valence-electron chi connectivity index (χ0n) is 34.1. The molecule has 2 fully saturated rings. The van der Waals surface area contributed by atoms with Gasteiger partial charge in [0, 0.05) is 54.5 Å². The molecular formula is C48H37N9O2S4. The number of thiazole rings is 4. The molecule has 0 N–H and O–H groups in total. The monoisotopic (exact) mass is 899 g/mol. The first-order chi connectivity index (χ1) is 31.0. The van der Waals surface area contributed by atoms with E-state index >= 15 is 0 Å². The molecule has 0 aliphatic carbocycles. The van der Waals surface area contributed by atoms with Crippen LogP contribution in [0.15, 0.2) is 84.9 Å². The van der Waals surface area contributed by atoms with Crippen LogP contribution in [0.4, 0.5) is 10.3 Å². The predicted octanol–water partition coefficient (Wildman–Crippen LogP) is 11.1. The Balaban J connectivity index is 1.05. The first kappa shape index (κ1) is 39.5. The maximum Gasteiger partial charge on any atom is 0.186 e. The average Bonchev–Trinajstić information content (AvgIpc) is 4.18. The van der Waals surface area contributed by atoms with E-state index in [-0.39, 0.29) is 0 Å². The summed E-state index contributed by atoms with van der Waals surface area (Å²) in [7, 11) is 0. The Hall–Kier alpha value is -6.30. The molecule has 2 aliphatic rings. The van der Waals surface area contributed by atoms with Crippen molar-refractivity contribution in [3.63, 3.8) is 0 Å². The lowest BCUT2D eigenvalue weighted by Crippen LogP contribution is -2.36. The number of aryl methyl sites for hydroxylation is 1. The largest absolute Gasteiger partial charge is 0.378 e. The van der Waals surface area contributed by atoms with E-state index in [9.17, 15) is 10.5 Å².